The van der Waals surface area contributed by atoms with Gasteiger partial charge in [-0.3, -0.25) is 14.5 Å². The van der Waals surface area contributed by atoms with Crippen LogP contribution in [0.3, 0.4) is 0 Å². The van der Waals surface area contributed by atoms with Gasteiger partial charge in [-0.15, -0.1) is 0 Å². The van der Waals surface area contributed by atoms with Crippen molar-refractivity contribution in [2.24, 2.45) is 5.41 Å². The Kier molecular flexibility index (Phi) is 4.89. The van der Waals surface area contributed by atoms with E-state index >= 15 is 0 Å². The molecule has 1 N–H and O–H groups in total. The highest BCUT2D eigenvalue weighted by atomic mass is 16.3. The molecule has 6 nitrogen and oxygen atoms in total. The summed E-state index contributed by atoms with van der Waals surface area (Å²) in [6.45, 7) is 8.53. The number of aliphatic hydroxyl groups is 1. The molecular formula is C18H31N3O3. The molecule has 0 radical (unpaired) electrons. The number of aliphatic hydroxyl groups excluding tert-OH is 1. The molecule has 3 saturated heterocycles. The lowest BCUT2D eigenvalue weighted by Crippen LogP contribution is -2.47. The fraction of sp³-hybridized carbons (Fsp3) is 0.889. The average molecular weight is 337 g/mol. The van der Waals surface area contributed by atoms with Crippen LogP contribution in [0.15, 0.2) is 0 Å². The lowest BCUT2D eigenvalue weighted by atomic mass is 9.74. The van der Waals surface area contributed by atoms with Gasteiger partial charge in [0.2, 0.25) is 11.8 Å². The van der Waals surface area contributed by atoms with Gasteiger partial charge >= 0.3 is 0 Å². The Morgan fingerprint density at radius 2 is 1.71 bits per heavy atom. The average Bonchev–Trinajstić information content (AvgIpc) is 3.17. The van der Waals surface area contributed by atoms with Gasteiger partial charge < -0.3 is 14.9 Å². The highest BCUT2D eigenvalue weighted by molar-refractivity contribution is 5.78. The van der Waals surface area contributed by atoms with E-state index in [9.17, 15) is 14.7 Å². The van der Waals surface area contributed by atoms with Gasteiger partial charge in [-0.05, 0) is 57.5 Å². The molecule has 0 aromatic heterocycles. The largest absolute Gasteiger partial charge is 0.394 e. The van der Waals surface area contributed by atoms with E-state index in [4.69, 9.17) is 0 Å². The molecule has 1 spiro atoms. The lowest BCUT2D eigenvalue weighted by molar-refractivity contribution is -0.134. The molecule has 0 aliphatic carbocycles. The number of nitrogens with zero attached hydrogens (tertiary/aromatic N) is 3. The van der Waals surface area contributed by atoms with Crippen molar-refractivity contribution in [3.63, 3.8) is 0 Å². The fourth-order valence-corrected chi connectivity index (χ4v) is 4.90. The smallest absolute Gasteiger partial charge is 0.236 e. The molecule has 24 heavy (non-hydrogen) atoms. The van der Waals surface area contributed by atoms with E-state index in [0.29, 0.717) is 6.54 Å². The van der Waals surface area contributed by atoms with E-state index in [1.54, 1.807) is 6.92 Å². The number of likely N-dealkylation sites (tertiary alicyclic amines) is 3. The molecular weight excluding hydrogens is 306 g/mol. The molecule has 0 aromatic carbocycles. The highest BCUT2D eigenvalue weighted by Crippen LogP contribution is 2.47. The third kappa shape index (κ3) is 3.31. The summed E-state index contributed by atoms with van der Waals surface area (Å²) in [6.07, 6.45) is 5.13. The molecule has 2 amide bonds. The van der Waals surface area contributed by atoms with Gasteiger partial charge in [0.15, 0.2) is 0 Å². The summed E-state index contributed by atoms with van der Waals surface area (Å²) in [7, 11) is 0. The second-order valence-electron chi connectivity index (χ2n) is 8.30. The number of carbonyl (C=O) groups excluding carboxylic acids is 2. The van der Waals surface area contributed by atoms with Crippen LogP contribution in [0.1, 0.15) is 46.0 Å². The maximum atomic E-state index is 12.3. The quantitative estimate of drug-likeness (QED) is 0.823. The number of piperidine rings is 1. The number of hydrogen-bond acceptors (Lipinski definition) is 4. The maximum absolute atomic E-state index is 12.3. The summed E-state index contributed by atoms with van der Waals surface area (Å²) in [5.41, 5.74) is -0.324. The molecule has 136 valence electrons. The Morgan fingerprint density at radius 3 is 2.21 bits per heavy atom. The van der Waals surface area contributed by atoms with Crippen LogP contribution in [-0.2, 0) is 9.59 Å². The van der Waals surface area contributed by atoms with Crippen molar-refractivity contribution in [2.45, 2.75) is 51.5 Å². The Labute approximate surface area is 144 Å². The second-order valence-corrected chi connectivity index (χ2v) is 8.30. The number of carbonyl (C=O) groups is 2. The zero-order valence-corrected chi connectivity index (χ0v) is 15.1. The Bertz CT molecular complexity index is 496. The summed E-state index contributed by atoms with van der Waals surface area (Å²) in [5, 5.41) is 9.80. The minimum atomic E-state index is -0.431. The molecule has 3 rings (SSSR count). The molecule has 0 aromatic rings. The third-order valence-electron chi connectivity index (χ3n) is 6.36. The predicted molar refractivity (Wildman–Crippen MR) is 91.4 cm³/mol. The van der Waals surface area contributed by atoms with Gasteiger partial charge in [0.05, 0.1) is 18.7 Å². The summed E-state index contributed by atoms with van der Waals surface area (Å²) in [4.78, 5) is 30.4. The first-order valence-corrected chi connectivity index (χ1v) is 9.27. The second kappa shape index (κ2) is 6.64. The van der Waals surface area contributed by atoms with Gasteiger partial charge in [0.1, 0.15) is 0 Å². The SMILES string of the molecule is CC(=O)N1CC2(CCN(CC(=O)N3CCCC3)CC2)C[C@@]1(C)CO. The van der Waals surface area contributed by atoms with Crippen molar-refractivity contribution >= 4 is 11.8 Å². The monoisotopic (exact) mass is 337 g/mol. The van der Waals surface area contributed by atoms with Crippen LogP contribution < -0.4 is 0 Å². The standard InChI is InChI=1S/C18H31N3O3/c1-15(23)21-13-18(12-17(21,2)14-22)5-9-19(10-6-18)11-16(24)20-7-3-4-8-20/h22H,3-14H2,1-2H3/t17-/m0/s1. The molecule has 0 bridgehead atoms. The van der Waals surface area contributed by atoms with Crippen LogP contribution >= 0.6 is 0 Å². The Hall–Kier alpha value is -1.14. The lowest BCUT2D eigenvalue weighted by Gasteiger charge is -2.39. The fourth-order valence-electron chi connectivity index (χ4n) is 4.90. The minimum absolute atomic E-state index is 0.0193. The molecule has 1 atom stereocenters. The zero-order valence-electron chi connectivity index (χ0n) is 15.1. The summed E-state index contributed by atoms with van der Waals surface area (Å²) in [6, 6.07) is 0. The van der Waals surface area contributed by atoms with E-state index in [0.717, 1.165) is 64.8 Å². The number of amides is 2. The van der Waals surface area contributed by atoms with Crippen LogP contribution in [-0.4, -0.2) is 83.0 Å². The molecule has 3 aliphatic rings. The van der Waals surface area contributed by atoms with E-state index in [1.165, 1.54) is 0 Å². The molecule has 0 unspecified atom stereocenters. The van der Waals surface area contributed by atoms with Crippen molar-refractivity contribution < 1.29 is 14.7 Å². The molecule has 0 saturated carbocycles. The van der Waals surface area contributed by atoms with Gasteiger partial charge in [0, 0.05) is 26.6 Å². The Morgan fingerprint density at radius 1 is 1.08 bits per heavy atom. The number of hydrogen-bond donors (Lipinski definition) is 1. The van der Waals surface area contributed by atoms with E-state index in [2.05, 4.69) is 4.90 Å². The van der Waals surface area contributed by atoms with Crippen LogP contribution in [0.25, 0.3) is 0 Å². The Balaban J connectivity index is 1.56. The normalized spacial score (nSPS) is 30.3. The van der Waals surface area contributed by atoms with E-state index in [1.807, 2.05) is 16.7 Å². The van der Waals surface area contributed by atoms with E-state index in [-0.39, 0.29) is 23.8 Å². The third-order valence-corrected chi connectivity index (χ3v) is 6.36. The van der Waals surface area contributed by atoms with E-state index < -0.39 is 5.54 Å². The summed E-state index contributed by atoms with van der Waals surface area (Å²) < 4.78 is 0. The topological polar surface area (TPSA) is 64.1 Å². The molecule has 3 fully saturated rings. The first-order chi connectivity index (χ1) is 11.4. The van der Waals surface area contributed by atoms with Crippen LogP contribution in [0.5, 0.6) is 0 Å². The van der Waals surface area contributed by atoms with Gasteiger partial charge in [-0.2, -0.15) is 0 Å². The van der Waals surface area contributed by atoms with Crippen molar-refractivity contribution in [3.8, 4) is 0 Å². The van der Waals surface area contributed by atoms with Crippen molar-refractivity contribution in [1.82, 2.24) is 14.7 Å². The summed E-state index contributed by atoms with van der Waals surface area (Å²) in [5.74, 6) is 0.315. The van der Waals surface area contributed by atoms with Gasteiger partial charge in [-0.1, -0.05) is 0 Å². The zero-order chi connectivity index (χ0) is 17.4. The first-order valence-electron chi connectivity index (χ1n) is 9.27. The minimum Gasteiger partial charge on any atom is -0.394 e. The maximum Gasteiger partial charge on any atom is 0.236 e. The van der Waals surface area contributed by atoms with Crippen LogP contribution in [0, 0.1) is 5.41 Å². The van der Waals surface area contributed by atoms with Crippen molar-refractivity contribution in [1.29, 1.82) is 0 Å². The van der Waals surface area contributed by atoms with Crippen LogP contribution in [0.4, 0.5) is 0 Å². The van der Waals surface area contributed by atoms with Crippen LogP contribution in [0.2, 0.25) is 0 Å². The van der Waals surface area contributed by atoms with Gasteiger partial charge in [-0.25, -0.2) is 0 Å². The highest BCUT2D eigenvalue weighted by Gasteiger charge is 2.52. The first kappa shape index (κ1) is 17.7. The molecule has 6 heteroatoms. The molecule has 3 heterocycles. The van der Waals surface area contributed by atoms with Gasteiger partial charge in [0.25, 0.3) is 0 Å². The van der Waals surface area contributed by atoms with Crippen molar-refractivity contribution in [2.75, 3.05) is 45.9 Å². The predicted octanol–water partition coefficient (Wildman–Crippen LogP) is 0.694. The van der Waals surface area contributed by atoms with Crippen molar-refractivity contribution in [3.05, 3.63) is 0 Å². The number of rotatable bonds is 3. The molecule has 3 aliphatic heterocycles. The summed E-state index contributed by atoms with van der Waals surface area (Å²) >= 11 is 0.